The van der Waals surface area contributed by atoms with Gasteiger partial charge in [0.2, 0.25) is 0 Å². The van der Waals surface area contributed by atoms with E-state index in [1.807, 2.05) is 38.1 Å². The van der Waals surface area contributed by atoms with Gasteiger partial charge in [0.15, 0.2) is 5.78 Å². The molecule has 3 aliphatic rings. The highest BCUT2D eigenvalue weighted by molar-refractivity contribution is 6.00. The smallest absolute Gasteiger partial charge is 0.169 e. The fourth-order valence-corrected chi connectivity index (χ4v) is 5.16. The zero-order chi connectivity index (χ0) is 30.6. The minimum Gasteiger partial charge on any atom is -0.487 e. The van der Waals surface area contributed by atoms with E-state index < -0.39 is 0 Å². The van der Waals surface area contributed by atoms with Gasteiger partial charge in [0, 0.05) is 31.8 Å². The first-order chi connectivity index (χ1) is 19.5. The van der Waals surface area contributed by atoms with Gasteiger partial charge in [0.05, 0.1) is 17.8 Å². The Morgan fingerprint density at radius 2 is 1.88 bits per heavy atom. The number of allylic oxidation sites excluding steroid dienone is 3. The Balaban J connectivity index is 0.000000218. The van der Waals surface area contributed by atoms with E-state index in [-0.39, 0.29) is 30.0 Å². The number of carbonyl (C=O) groups excluding carboxylic acids is 1. The Morgan fingerprint density at radius 3 is 2.41 bits per heavy atom. The molecule has 1 aromatic rings. The van der Waals surface area contributed by atoms with Gasteiger partial charge in [-0.1, -0.05) is 65.7 Å². The number of aliphatic hydroxyl groups excluding tert-OH is 1. The van der Waals surface area contributed by atoms with Gasteiger partial charge >= 0.3 is 0 Å². The summed E-state index contributed by atoms with van der Waals surface area (Å²) in [6.45, 7) is 16.3. The van der Waals surface area contributed by atoms with E-state index in [0.29, 0.717) is 17.3 Å². The van der Waals surface area contributed by atoms with E-state index in [2.05, 4.69) is 51.4 Å². The monoisotopic (exact) mass is 566 g/mol. The average Bonchev–Trinajstić information content (AvgIpc) is 3.60. The molecule has 3 unspecified atom stereocenters. The number of benzene rings is 1. The van der Waals surface area contributed by atoms with Gasteiger partial charge < -0.3 is 19.8 Å². The van der Waals surface area contributed by atoms with Crippen molar-refractivity contribution in [2.24, 2.45) is 16.8 Å². The number of ether oxygens (including phenoxy) is 1. The number of unbranched alkanes of at least 4 members (excludes halogenated alkanes) is 1. The number of carbonyl (C=O) groups is 1. The van der Waals surface area contributed by atoms with Crippen LogP contribution in [0.3, 0.4) is 0 Å². The lowest BCUT2D eigenvalue weighted by Crippen LogP contribution is -2.21. The standard InChI is InChI=1S/C13H18N2O.C11H14O2.C11H22O/c1-5-10(3)12(16)11(6-2)13-14-8-7-9-15(13)4;1-7-3-9-5-10(6-12)13-11(9)4-8(7)2;1-3-5-7-10(6-4-2)11(12)8-9-11/h6-10H,2,5H2,1,3-4H3;3-4,10,12H,5-6H2,1-2H3;10,12H,3-9H2,1-2H3/b13-11+;;. The number of nitrogens with zero attached hydrogens (tertiary/aromatic N) is 2. The minimum atomic E-state index is -0.231. The first-order valence-electron chi connectivity index (χ1n) is 15.5. The van der Waals surface area contributed by atoms with Crippen LogP contribution in [0.5, 0.6) is 5.75 Å². The fourth-order valence-electron chi connectivity index (χ4n) is 5.16. The highest BCUT2D eigenvalue weighted by Crippen LogP contribution is 2.46. The van der Waals surface area contributed by atoms with Crippen molar-refractivity contribution in [3.63, 3.8) is 0 Å². The number of hydrogen-bond donors (Lipinski definition) is 2. The van der Waals surface area contributed by atoms with Gasteiger partial charge in [0.1, 0.15) is 17.7 Å². The molecule has 0 radical (unpaired) electrons. The molecule has 0 saturated heterocycles. The van der Waals surface area contributed by atoms with Crippen molar-refractivity contribution in [2.45, 2.75) is 111 Å². The second kappa shape index (κ2) is 16.7. The van der Waals surface area contributed by atoms with Gasteiger partial charge in [-0.15, -0.1) is 0 Å². The van der Waals surface area contributed by atoms with Crippen molar-refractivity contribution in [1.29, 1.82) is 0 Å². The molecule has 6 nitrogen and oxygen atoms in total. The average molecular weight is 567 g/mol. The number of ketones is 1. The molecule has 228 valence electrons. The summed E-state index contributed by atoms with van der Waals surface area (Å²) in [4.78, 5) is 18.1. The first-order valence-corrected chi connectivity index (χ1v) is 15.5. The van der Waals surface area contributed by atoms with E-state index in [1.54, 1.807) is 12.3 Å². The molecule has 0 spiro atoms. The highest BCUT2D eigenvalue weighted by atomic mass is 16.5. The van der Waals surface area contributed by atoms with Gasteiger partial charge in [-0.3, -0.25) is 4.79 Å². The van der Waals surface area contributed by atoms with E-state index in [4.69, 9.17) is 9.84 Å². The minimum absolute atomic E-state index is 0.00926. The zero-order valence-electron chi connectivity index (χ0n) is 26.6. The van der Waals surface area contributed by atoms with Crippen molar-refractivity contribution in [3.8, 4) is 5.75 Å². The van der Waals surface area contributed by atoms with Gasteiger partial charge in [-0.25, -0.2) is 4.99 Å². The lowest BCUT2D eigenvalue weighted by molar-refractivity contribution is -0.118. The van der Waals surface area contributed by atoms with Crippen LogP contribution in [0.1, 0.15) is 95.8 Å². The molecule has 0 aromatic heterocycles. The van der Waals surface area contributed by atoms with Crippen molar-refractivity contribution in [2.75, 3.05) is 13.7 Å². The molecule has 2 aliphatic heterocycles. The van der Waals surface area contributed by atoms with Crippen LogP contribution in [-0.4, -0.2) is 52.5 Å². The van der Waals surface area contributed by atoms with Crippen LogP contribution in [0.4, 0.5) is 0 Å². The van der Waals surface area contributed by atoms with Crippen LogP contribution in [0.25, 0.3) is 0 Å². The van der Waals surface area contributed by atoms with Gasteiger partial charge in [-0.2, -0.15) is 0 Å². The molecular weight excluding hydrogens is 512 g/mol. The van der Waals surface area contributed by atoms with Crippen LogP contribution in [-0.2, 0) is 11.2 Å². The lowest BCUT2D eigenvalue weighted by atomic mass is 9.90. The number of hydrogen-bond acceptors (Lipinski definition) is 6. The molecule has 1 aliphatic carbocycles. The quantitative estimate of drug-likeness (QED) is 0.276. The van der Waals surface area contributed by atoms with E-state index in [9.17, 15) is 9.90 Å². The van der Waals surface area contributed by atoms with E-state index in [0.717, 1.165) is 31.4 Å². The predicted molar refractivity (Wildman–Crippen MR) is 170 cm³/mol. The molecule has 0 amide bonds. The highest BCUT2D eigenvalue weighted by Gasteiger charge is 2.46. The SMILES string of the molecule is C=C/C(C(=O)C(C)CC)=C1/N=CC=CN1C.CCCCC(CCC)C1(O)CC1.Cc1cc2c(cc1C)OC(CO)C2. The number of rotatable bonds is 11. The summed E-state index contributed by atoms with van der Waals surface area (Å²) in [6, 6.07) is 4.21. The maximum atomic E-state index is 12.1. The Kier molecular flexibility index (Phi) is 14.0. The lowest BCUT2D eigenvalue weighted by Gasteiger charge is -2.21. The Hall–Kier alpha value is -2.70. The first kappa shape index (κ1) is 34.5. The maximum Gasteiger partial charge on any atom is 0.169 e. The van der Waals surface area contributed by atoms with E-state index >= 15 is 0 Å². The van der Waals surface area contributed by atoms with Crippen LogP contribution >= 0.6 is 0 Å². The van der Waals surface area contributed by atoms with Gasteiger partial charge in [0.25, 0.3) is 0 Å². The summed E-state index contributed by atoms with van der Waals surface area (Å²) >= 11 is 0. The Morgan fingerprint density at radius 1 is 1.20 bits per heavy atom. The predicted octanol–water partition coefficient (Wildman–Crippen LogP) is 7.25. The van der Waals surface area contributed by atoms with Crippen molar-refractivity contribution < 1.29 is 19.7 Å². The number of aliphatic imine (C=N–C) groups is 1. The summed E-state index contributed by atoms with van der Waals surface area (Å²) in [5.41, 5.74) is 4.13. The largest absolute Gasteiger partial charge is 0.487 e. The molecule has 0 bridgehead atoms. The summed E-state index contributed by atoms with van der Waals surface area (Å²) < 4.78 is 5.54. The second-order valence-corrected chi connectivity index (χ2v) is 11.7. The summed E-state index contributed by atoms with van der Waals surface area (Å²) in [5, 5.41) is 18.9. The number of aryl methyl sites for hydroxylation is 2. The van der Waals surface area contributed by atoms with Crippen molar-refractivity contribution in [1.82, 2.24) is 4.90 Å². The van der Waals surface area contributed by atoms with Gasteiger partial charge in [-0.05, 0) is 80.7 Å². The zero-order valence-corrected chi connectivity index (χ0v) is 26.6. The summed E-state index contributed by atoms with van der Waals surface area (Å²) in [6.07, 6.45) is 16.9. The Labute approximate surface area is 248 Å². The molecule has 4 rings (SSSR count). The summed E-state index contributed by atoms with van der Waals surface area (Å²) in [7, 11) is 1.87. The third kappa shape index (κ3) is 9.96. The van der Waals surface area contributed by atoms with E-state index in [1.165, 1.54) is 48.8 Å². The summed E-state index contributed by atoms with van der Waals surface area (Å²) in [5.74, 6) is 2.33. The molecular formula is C35H54N2O4. The Bertz CT molecular complexity index is 1070. The van der Waals surface area contributed by atoms with Crippen LogP contribution in [0.2, 0.25) is 0 Å². The van der Waals surface area contributed by atoms with Crippen LogP contribution < -0.4 is 4.74 Å². The number of fused-ring (bicyclic) bond motifs is 1. The molecule has 1 saturated carbocycles. The molecule has 6 heteroatoms. The van der Waals surface area contributed by atoms with Crippen molar-refractivity contribution in [3.05, 3.63) is 65.1 Å². The molecule has 41 heavy (non-hydrogen) atoms. The molecule has 3 atom stereocenters. The van der Waals surface area contributed by atoms with Crippen LogP contribution in [0.15, 0.2) is 53.5 Å². The normalized spacial score (nSPS) is 20.4. The molecule has 2 heterocycles. The third-order valence-electron chi connectivity index (χ3n) is 8.38. The number of Topliss-reactive ketones (excluding diaryl/α,β-unsaturated/α-hetero) is 1. The number of aliphatic hydroxyl groups is 2. The molecule has 1 aromatic carbocycles. The van der Waals surface area contributed by atoms with Crippen molar-refractivity contribution >= 4 is 12.0 Å². The topological polar surface area (TPSA) is 82.4 Å². The third-order valence-corrected chi connectivity index (χ3v) is 8.38. The second-order valence-electron chi connectivity index (χ2n) is 11.7. The maximum absolute atomic E-state index is 12.1. The van der Waals surface area contributed by atoms with Crippen LogP contribution in [0, 0.1) is 25.7 Å². The fraction of sp³-hybridized carbons (Fsp3) is 0.600. The molecule has 1 fully saturated rings. The molecule has 2 N–H and O–H groups in total.